The first-order chi connectivity index (χ1) is 11.1. The van der Waals surface area contributed by atoms with Crippen LogP contribution in [0.3, 0.4) is 0 Å². The second-order valence-electron chi connectivity index (χ2n) is 4.45. The number of carbonyl (C=O) groups is 1. The van der Waals surface area contributed by atoms with E-state index in [1.54, 1.807) is 0 Å². The third-order valence-corrected chi connectivity index (χ3v) is 3.61. The van der Waals surface area contributed by atoms with Crippen molar-refractivity contribution >= 4 is 22.2 Å². The summed E-state index contributed by atoms with van der Waals surface area (Å²) in [6, 6.07) is 4.20. The molecule has 0 bridgehead atoms. The van der Waals surface area contributed by atoms with Gasteiger partial charge in [0, 0.05) is 12.1 Å². The molecule has 1 aromatic carbocycles. The van der Waals surface area contributed by atoms with Gasteiger partial charge in [0.05, 0.1) is 0 Å². The fourth-order valence-corrected chi connectivity index (χ4v) is 2.23. The van der Waals surface area contributed by atoms with Gasteiger partial charge in [-0.25, -0.2) is 4.79 Å². The predicted molar refractivity (Wildman–Crippen MR) is 78.0 cm³/mol. The van der Waals surface area contributed by atoms with Gasteiger partial charge in [-0.3, -0.25) is 4.55 Å². The molecule has 0 aliphatic carbocycles. The minimum Gasteiger partial charge on any atom is -0.504 e. The minimum absolute atomic E-state index is 0.101. The predicted octanol–water partition coefficient (Wildman–Crippen LogP) is 0.226. The fraction of sp³-hybridized carbons (Fsp3) is 0. The Hall–Kier alpha value is -3.18. The fourth-order valence-electron chi connectivity index (χ4n) is 1.66. The minimum atomic E-state index is -4.83. The zero-order valence-corrected chi connectivity index (χ0v) is 12.5. The van der Waals surface area contributed by atoms with Crippen LogP contribution in [0.25, 0.3) is 6.08 Å². The second kappa shape index (κ2) is 6.14. The quantitative estimate of drug-likeness (QED) is 0.292. The molecule has 0 aliphatic heterocycles. The molecule has 1 heterocycles. The van der Waals surface area contributed by atoms with Crippen LogP contribution in [0.4, 0.5) is 0 Å². The van der Waals surface area contributed by atoms with Crippen molar-refractivity contribution in [1.29, 1.82) is 0 Å². The van der Waals surface area contributed by atoms with Gasteiger partial charge < -0.3 is 25.3 Å². The van der Waals surface area contributed by atoms with Crippen LogP contribution in [0.2, 0.25) is 0 Å². The van der Waals surface area contributed by atoms with Crippen molar-refractivity contribution in [3.8, 4) is 23.3 Å². The molecule has 11 heteroatoms. The molecule has 0 amide bonds. The zero-order chi connectivity index (χ0) is 18.1. The maximum atomic E-state index is 11.6. The average molecular weight is 357 g/mol. The summed E-state index contributed by atoms with van der Waals surface area (Å²) in [5.74, 6) is -4.02. The SMILES string of the molecule is O=C(C=Cc1ccc(O)c(O)c1)On1c(O)cc(S(=O)(=O)O)c1O. The van der Waals surface area contributed by atoms with Crippen molar-refractivity contribution in [2.24, 2.45) is 0 Å². The molecule has 0 atom stereocenters. The van der Waals surface area contributed by atoms with Gasteiger partial charge in [-0.15, -0.1) is 4.73 Å². The van der Waals surface area contributed by atoms with Crippen molar-refractivity contribution in [2.75, 3.05) is 0 Å². The Bertz CT molecular complexity index is 927. The number of phenolic OH excluding ortho intramolecular Hbond substituents is 2. The first-order valence-corrected chi connectivity index (χ1v) is 7.57. The Morgan fingerprint density at radius 1 is 1.08 bits per heavy atom. The highest BCUT2D eigenvalue weighted by Gasteiger charge is 2.25. The summed E-state index contributed by atoms with van der Waals surface area (Å²) in [5, 5.41) is 37.4. The lowest BCUT2D eigenvalue weighted by molar-refractivity contribution is -0.139. The van der Waals surface area contributed by atoms with Crippen LogP contribution in [0.5, 0.6) is 23.3 Å². The van der Waals surface area contributed by atoms with E-state index >= 15 is 0 Å². The number of hydrogen-bond acceptors (Lipinski definition) is 8. The number of aromatic nitrogens is 1. The van der Waals surface area contributed by atoms with Crippen molar-refractivity contribution in [3.63, 3.8) is 0 Å². The van der Waals surface area contributed by atoms with E-state index in [9.17, 15) is 28.5 Å². The number of rotatable bonds is 4. The van der Waals surface area contributed by atoms with Gasteiger partial charge >= 0.3 is 5.97 Å². The summed E-state index contributed by atoms with van der Waals surface area (Å²) in [7, 11) is -4.83. The number of hydrogen-bond donors (Lipinski definition) is 5. The van der Waals surface area contributed by atoms with Gasteiger partial charge in [-0.05, 0) is 23.8 Å². The molecule has 0 unspecified atom stereocenters. The molecule has 0 aliphatic rings. The van der Waals surface area contributed by atoms with Gasteiger partial charge in [0.2, 0.25) is 5.88 Å². The van der Waals surface area contributed by atoms with E-state index in [0.717, 1.165) is 12.1 Å². The number of carbonyl (C=O) groups excluding carboxylic acids is 1. The third-order valence-electron chi connectivity index (χ3n) is 2.75. The van der Waals surface area contributed by atoms with Crippen LogP contribution in [0, 0.1) is 0 Å². The number of aromatic hydroxyl groups is 4. The highest BCUT2D eigenvalue weighted by atomic mass is 32.2. The molecule has 0 radical (unpaired) electrons. The Labute approximate surface area is 134 Å². The summed E-state index contributed by atoms with van der Waals surface area (Å²) in [6.45, 7) is 0. The molecule has 2 rings (SSSR count). The van der Waals surface area contributed by atoms with E-state index in [1.807, 2.05) is 0 Å². The molecule has 0 saturated carbocycles. The van der Waals surface area contributed by atoms with Gasteiger partial charge in [0.25, 0.3) is 16.0 Å². The molecule has 5 N–H and O–H groups in total. The number of phenols is 2. The van der Waals surface area contributed by atoms with Gasteiger partial charge in [-0.2, -0.15) is 8.42 Å². The standard InChI is InChI=1S/C13H11NO9S/c15-8-3-1-7(5-9(8)16)2-4-12(18)23-14-11(17)6-10(13(14)19)24(20,21)22/h1-6,15-17,19H,(H,20,21,22). The average Bonchev–Trinajstić information content (AvgIpc) is 2.76. The van der Waals surface area contributed by atoms with E-state index in [4.69, 9.17) is 9.66 Å². The molecule has 0 fully saturated rings. The molecule has 128 valence electrons. The van der Waals surface area contributed by atoms with E-state index < -0.39 is 38.5 Å². The lowest BCUT2D eigenvalue weighted by Gasteiger charge is -2.04. The smallest absolute Gasteiger partial charge is 0.356 e. The van der Waals surface area contributed by atoms with E-state index in [2.05, 4.69) is 4.84 Å². The monoisotopic (exact) mass is 357 g/mol. The molecular formula is C13H11NO9S. The van der Waals surface area contributed by atoms with Crippen molar-refractivity contribution in [2.45, 2.75) is 4.90 Å². The van der Waals surface area contributed by atoms with Crippen LogP contribution in [-0.4, -0.2) is 44.1 Å². The lowest BCUT2D eigenvalue weighted by Crippen LogP contribution is -2.16. The Kier molecular flexibility index (Phi) is 4.39. The van der Waals surface area contributed by atoms with Crippen LogP contribution in [0.15, 0.2) is 35.2 Å². The van der Waals surface area contributed by atoms with Crippen molar-refractivity contribution in [1.82, 2.24) is 4.73 Å². The summed E-state index contributed by atoms with van der Waals surface area (Å²) in [4.78, 5) is 15.1. The Morgan fingerprint density at radius 3 is 2.29 bits per heavy atom. The lowest BCUT2D eigenvalue weighted by atomic mass is 10.2. The molecule has 0 saturated heterocycles. The van der Waals surface area contributed by atoms with Gasteiger partial charge in [-0.1, -0.05) is 6.07 Å². The maximum Gasteiger partial charge on any atom is 0.356 e. The molecule has 24 heavy (non-hydrogen) atoms. The normalized spacial score (nSPS) is 11.7. The first-order valence-electron chi connectivity index (χ1n) is 6.13. The molecular weight excluding hydrogens is 346 g/mol. The van der Waals surface area contributed by atoms with E-state index in [0.29, 0.717) is 11.6 Å². The molecule has 2 aromatic rings. The van der Waals surface area contributed by atoms with E-state index in [-0.39, 0.29) is 10.5 Å². The zero-order valence-electron chi connectivity index (χ0n) is 11.7. The third kappa shape index (κ3) is 3.59. The second-order valence-corrected chi connectivity index (χ2v) is 5.84. The van der Waals surface area contributed by atoms with Gasteiger partial charge in [0.1, 0.15) is 0 Å². The summed E-state index contributed by atoms with van der Waals surface area (Å²) < 4.78 is 30.8. The molecule has 1 aromatic heterocycles. The Morgan fingerprint density at radius 2 is 1.75 bits per heavy atom. The van der Waals surface area contributed by atoms with Crippen LogP contribution in [-0.2, 0) is 14.9 Å². The molecule has 0 spiro atoms. The van der Waals surface area contributed by atoms with Crippen LogP contribution in [0.1, 0.15) is 5.56 Å². The number of benzene rings is 1. The topological polar surface area (TPSA) is 167 Å². The van der Waals surface area contributed by atoms with Gasteiger partial charge in [0.15, 0.2) is 16.4 Å². The number of nitrogens with zero attached hydrogens (tertiary/aromatic N) is 1. The maximum absolute atomic E-state index is 11.6. The molecule has 10 nitrogen and oxygen atoms in total. The first kappa shape index (κ1) is 17.2. The summed E-state index contributed by atoms with van der Waals surface area (Å²) in [5.41, 5.74) is 0.321. The van der Waals surface area contributed by atoms with Crippen LogP contribution < -0.4 is 4.84 Å². The highest BCUT2D eigenvalue weighted by molar-refractivity contribution is 7.86. The summed E-state index contributed by atoms with van der Waals surface area (Å²) in [6.07, 6.45) is 2.03. The largest absolute Gasteiger partial charge is 0.504 e. The summed E-state index contributed by atoms with van der Waals surface area (Å²) >= 11 is 0. The van der Waals surface area contributed by atoms with E-state index in [1.165, 1.54) is 18.2 Å². The Balaban J connectivity index is 2.20. The van der Waals surface area contributed by atoms with Crippen LogP contribution >= 0.6 is 0 Å². The van der Waals surface area contributed by atoms with Crippen molar-refractivity contribution < 1.29 is 43.0 Å². The van der Waals surface area contributed by atoms with Crippen molar-refractivity contribution in [3.05, 3.63) is 35.9 Å². The highest BCUT2D eigenvalue weighted by Crippen LogP contribution is 2.30.